The Morgan fingerprint density at radius 3 is 2.24 bits per heavy atom. The lowest BCUT2D eigenvalue weighted by atomic mass is 10.1. The third-order valence-corrected chi connectivity index (χ3v) is 6.66. The van der Waals surface area contributed by atoms with E-state index in [4.69, 9.17) is 4.98 Å². The summed E-state index contributed by atoms with van der Waals surface area (Å²) in [4.78, 5) is 5.08. The minimum absolute atomic E-state index is 0.936. The highest BCUT2D eigenvalue weighted by molar-refractivity contribution is 7.98. The van der Waals surface area contributed by atoms with Gasteiger partial charge in [0.05, 0.1) is 10.2 Å². The quantitative estimate of drug-likeness (QED) is 0.326. The molecule has 0 aliphatic heterocycles. The lowest BCUT2D eigenvalue weighted by Gasteiger charge is -2.07. The van der Waals surface area contributed by atoms with E-state index in [9.17, 15) is 0 Å². The fourth-order valence-electron chi connectivity index (χ4n) is 3.19. The number of hydrogen-bond donors (Lipinski definition) is 0. The molecule has 0 aliphatic carbocycles. The number of pyridine rings is 1. The molecule has 0 saturated carbocycles. The summed E-state index contributed by atoms with van der Waals surface area (Å²) in [7, 11) is 0. The van der Waals surface area contributed by atoms with E-state index in [1.165, 1.54) is 31.1 Å². The maximum Gasteiger partial charge on any atom is 0.105 e. The van der Waals surface area contributed by atoms with E-state index in [2.05, 4.69) is 78.9 Å². The van der Waals surface area contributed by atoms with Crippen LogP contribution in [-0.4, -0.2) is 4.98 Å². The molecule has 3 aromatic carbocycles. The number of thioether (sulfide) groups is 1. The van der Waals surface area contributed by atoms with Crippen LogP contribution in [0.15, 0.2) is 83.9 Å². The largest absolute Gasteiger partial charge is 0.239 e. The predicted molar refractivity (Wildman–Crippen MR) is 111 cm³/mol. The van der Waals surface area contributed by atoms with Gasteiger partial charge in [-0.2, -0.15) is 0 Å². The maximum absolute atomic E-state index is 5.08. The molecule has 3 heteroatoms. The number of benzene rings is 3. The lowest BCUT2D eigenvalue weighted by Crippen LogP contribution is -1.87. The van der Waals surface area contributed by atoms with Crippen LogP contribution in [0.25, 0.3) is 31.1 Å². The van der Waals surface area contributed by atoms with Crippen molar-refractivity contribution in [1.82, 2.24) is 4.98 Å². The molecule has 0 amide bonds. The maximum atomic E-state index is 5.08. The molecule has 2 aromatic heterocycles. The fourth-order valence-corrected chi connectivity index (χ4v) is 5.36. The Balaban J connectivity index is 1.72. The Hall–Kier alpha value is -2.36. The molecular formula is C22H15NS2. The van der Waals surface area contributed by atoms with E-state index in [1.54, 1.807) is 0 Å². The van der Waals surface area contributed by atoms with Crippen molar-refractivity contribution in [2.24, 2.45) is 0 Å². The van der Waals surface area contributed by atoms with Gasteiger partial charge in [0.2, 0.25) is 0 Å². The van der Waals surface area contributed by atoms with Crippen molar-refractivity contribution in [3.63, 3.8) is 0 Å². The molecule has 0 bridgehead atoms. The first-order chi connectivity index (χ1) is 12.4. The van der Waals surface area contributed by atoms with Gasteiger partial charge in [-0.05, 0) is 11.6 Å². The molecule has 5 aromatic rings. The first-order valence-corrected chi connectivity index (χ1v) is 10.1. The zero-order valence-corrected chi connectivity index (χ0v) is 15.1. The van der Waals surface area contributed by atoms with Crippen molar-refractivity contribution < 1.29 is 0 Å². The van der Waals surface area contributed by atoms with Crippen molar-refractivity contribution in [3.8, 4) is 0 Å². The van der Waals surface area contributed by atoms with E-state index in [-0.39, 0.29) is 0 Å². The van der Waals surface area contributed by atoms with Crippen LogP contribution in [0.2, 0.25) is 0 Å². The summed E-state index contributed by atoms with van der Waals surface area (Å²) < 4.78 is 2.60. The molecule has 25 heavy (non-hydrogen) atoms. The molecular weight excluding hydrogens is 342 g/mol. The first-order valence-electron chi connectivity index (χ1n) is 8.27. The van der Waals surface area contributed by atoms with Gasteiger partial charge in [0.25, 0.3) is 0 Å². The topological polar surface area (TPSA) is 12.9 Å². The minimum atomic E-state index is 0.936. The van der Waals surface area contributed by atoms with Crippen LogP contribution >= 0.6 is 23.1 Å². The zero-order chi connectivity index (χ0) is 16.6. The fraction of sp³-hybridized carbons (Fsp3) is 0.0455. The second kappa shape index (κ2) is 6.17. The highest BCUT2D eigenvalue weighted by Gasteiger charge is 2.13. The summed E-state index contributed by atoms with van der Waals surface area (Å²) in [6.45, 7) is 0. The monoisotopic (exact) mass is 357 g/mol. The van der Waals surface area contributed by atoms with Crippen LogP contribution in [0.1, 0.15) is 5.56 Å². The highest BCUT2D eigenvalue weighted by Crippen LogP contribution is 2.40. The van der Waals surface area contributed by atoms with Crippen molar-refractivity contribution in [2.75, 3.05) is 0 Å². The SMILES string of the molecule is c1ccc(CSc2nc3c4ccccc4sc3c3ccccc23)cc1. The molecule has 0 fully saturated rings. The van der Waals surface area contributed by atoms with Crippen LogP contribution in [0, 0.1) is 0 Å². The van der Waals surface area contributed by atoms with Gasteiger partial charge in [0, 0.05) is 26.6 Å². The standard InChI is InChI=1S/C22H15NS2/c1-2-8-15(9-3-1)14-24-22-17-11-5-4-10-16(17)21-20(23-22)18-12-6-7-13-19(18)25-21/h1-13H,14H2. The molecule has 120 valence electrons. The third kappa shape index (κ3) is 2.60. The number of hydrogen-bond acceptors (Lipinski definition) is 3. The Bertz CT molecular complexity index is 1190. The molecule has 0 aliphatic rings. The lowest BCUT2D eigenvalue weighted by molar-refractivity contribution is 1.23. The minimum Gasteiger partial charge on any atom is -0.239 e. The van der Waals surface area contributed by atoms with E-state index in [0.717, 1.165) is 16.3 Å². The molecule has 0 N–H and O–H groups in total. The van der Waals surface area contributed by atoms with E-state index >= 15 is 0 Å². The molecule has 5 rings (SSSR count). The zero-order valence-electron chi connectivity index (χ0n) is 13.5. The van der Waals surface area contributed by atoms with E-state index < -0.39 is 0 Å². The summed E-state index contributed by atoms with van der Waals surface area (Å²) in [6, 6.07) is 27.8. The summed E-state index contributed by atoms with van der Waals surface area (Å²) in [5, 5.41) is 4.94. The first kappa shape index (κ1) is 14.9. The summed E-state index contributed by atoms with van der Waals surface area (Å²) in [5.74, 6) is 0.936. The number of rotatable bonds is 3. The van der Waals surface area contributed by atoms with Crippen LogP contribution < -0.4 is 0 Å². The number of nitrogens with zero attached hydrogens (tertiary/aromatic N) is 1. The Morgan fingerprint density at radius 1 is 0.720 bits per heavy atom. The van der Waals surface area contributed by atoms with Crippen LogP contribution in [0.4, 0.5) is 0 Å². The summed E-state index contributed by atoms with van der Waals surface area (Å²) in [5.41, 5.74) is 2.46. The molecule has 0 radical (unpaired) electrons. The normalized spacial score (nSPS) is 11.5. The average Bonchev–Trinajstić information content (AvgIpc) is 3.06. The predicted octanol–water partition coefficient (Wildman–Crippen LogP) is 6.90. The molecule has 0 atom stereocenters. The Labute approximate surface area is 154 Å². The number of fused-ring (bicyclic) bond motifs is 5. The van der Waals surface area contributed by atoms with Crippen LogP contribution in [0.3, 0.4) is 0 Å². The van der Waals surface area contributed by atoms with Gasteiger partial charge in [-0.1, -0.05) is 72.8 Å². The van der Waals surface area contributed by atoms with Crippen LogP contribution in [0.5, 0.6) is 0 Å². The van der Waals surface area contributed by atoms with E-state index in [0.29, 0.717) is 0 Å². The highest BCUT2D eigenvalue weighted by atomic mass is 32.2. The summed E-state index contributed by atoms with van der Waals surface area (Å²) in [6.07, 6.45) is 0. The Kier molecular flexibility index (Phi) is 3.69. The summed E-state index contributed by atoms with van der Waals surface area (Å²) >= 11 is 3.67. The number of aromatic nitrogens is 1. The molecule has 1 nitrogen and oxygen atoms in total. The molecule has 2 heterocycles. The van der Waals surface area contributed by atoms with Gasteiger partial charge in [-0.3, -0.25) is 0 Å². The van der Waals surface area contributed by atoms with E-state index in [1.807, 2.05) is 23.1 Å². The second-order valence-corrected chi connectivity index (χ2v) is 8.03. The smallest absolute Gasteiger partial charge is 0.105 e. The van der Waals surface area contributed by atoms with Crippen molar-refractivity contribution in [3.05, 3.63) is 84.4 Å². The van der Waals surface area contributed by atoms with Crippen LogP contribution in [-0.2, 0) is 5.75 Å². The molecule has 0 saturated heterocycles. The third-order valence-electron chi connectivity index (χ3n) is 4.40. The van der Waals surface area contributed by atoms with Crippen molar-refractivity contribution in [1.29, 1.82) is 0 Å². The van der Waals surface area contributed by atoms with Gasteiger partial charge in [0.1, 0.15) is 5.03 Å². The van der Waals surface area contributed by atoms with Gasteiger partial charge in [-0.15, -0.1) is 23.1 Å². The van der Waals surface area contributed by atoms with Gasteiger partial charge in [0.15, 0.2) is 0 Å². The van der Waals surface area contributed by atoms with Crippen molar-refractivity contribution >= 4 is 54.2 Å². The Morgan fingerprint density at radius 2 is 1.40 bits per heavy atom. The molecule has 0 spiro atoms. The van der Waals surface area contributed by atoms with Crippen molar-refractivity contribution in [2.45, 2.75) is 10.8 Å². The average molecular weight is 358 g/mol. The van der Waals surface area contributed by atoms with Gasteiger partial charge in [-0.25, -0.2) is 4.98 Å². The van der Waals surface area contributed by atoms with Gasteiger partial charge < -0.3 is 0 Å². The number of thiophene rings is 1. The van der Waals surface area contributed by atoms with Gasteiger partial charge >= 0.3 is 0 Å². The second-order valence-electron chi connectivity index (χ2n) is 6.01. The molecule has 0 unspecified atom stereocenters.